The first-order valence-electron chi connectivity index (χ1n) is 9.05. The molecule has 0 saturated carbocycles. The van der Waals surface area contributed by atoms with Gasteiger partial charge in [-0.2, -0.15) is 0 Å². The van der Waals surface area contributed by atoms with E-state index in [0.717, 1.165) is 28.5 Å². The fourth-order valence-corrected chi connectivity index (χ4v) is 3.03. The molecular formula is C22H21NO6. The van der Waals surface area contributed by atoms with Gasteiger partial charge in [-0.15, -0.1) is 0 Å². The van der Waals surface area contributed by atoms with Crippen molar-refractivity contribution in [3.8, 4) is 0 Å². The molecule has 1 amide bonds. The Morgan fingerprint density at radius 1 is 0.966 bits per heavy atom. The molecule has 2 aromatic carbocycles. The van der Waals surface area contributed by atoms with Crippen LogP contribution in [0, 0.1) is 0 Å². The number of carbonyl (C=O) groups excluding carboxylic acids is 3. The minimum Gasteiger partial charge on any atom is -0.465 e. The van der Waals surface area contributed by atoms with E-state index in [1.54, 1.807) is 6.26 Å². The molecule has 3 rings (SSSR count). The van der Waals surface area contributed by atoms with Crippen molar-refractivity contribution in [1.82, 2.24) is 0 Å². The second kappa shape index (κ2) is 8.60. The zero-order valence-corrected chi connectivity index (χ0v) is 16.4. The Balaban J connectivity index is 1.83. The van der Waals surface area contributed by atoms with E-state index in [0.29, 0.717) is 5.69 Å². The number of amides is 1. The predicted molar refractivity (Wildman–Crippen MR) is 107 cm³/mol. The number of esters is 2. The van der Waals surface area contributed by atoms with Gasteiger partial charge in [0.25, 0.3) is 0 Å². The lowest BCUT2D eigenvalue weighted by molar-refractivity contribution is -0.115. The number of hydrogen-bond donors (Lipinski definition) is 1. The largest absolute Gasteiger partial charge is 0.465 e. The molecule has 1 aromatic heterocycles. The third kappa shape index (κ3) is 4.45. The summed E-state index contributed by atoms with van der Waals surface area (Å²) in [5.74, 6) is -1.57. The molecular weight excluding hydrogens is 374 g/mol. The number of methoxy groups -OCH3 is 2. The zero-order chi connectivity index (χ0) is 21.0. The van der Waals surface area contributed by atoms with Gasteiger partial charge in [0, 0.05) is 16.6 Å². The topological polar surface area (TPSA) is 94.8 Å². The minimum atomic E-state index is -0.626. The lowest BCUT2D eigenvalue weighted by Gasteiger charge is -2.09. The molecule has 1 heterocycles. The van der Waals surface area contributed by atoms with Gasteiger partial charge in [-0.25, -0.2) is 9.59 Å². The van der Waals surface area contributed by atoms with Crippen molar-refractivity contribution in [2.24, 2.45) is 0 Å². The third-order valence-electron chi connectivity index (χ3n) is 4.54. The molecule has 0 spiro atoms. The normalized spacial score (nSPS) is 10.6. The van der Waals surface area contributed by atoms with Crippen molar-refractivity contribution < 1.29 is 28.3 Å². The number of hydrogen-bond acceptors (Lipinski definition) is 6. The van der Waals surface area contributed by atoms with Gasteiger partial charge in [0.1, 0.15) is 5.58 Å². The number of benzene rings is 2. The maximum Gasteiger partial charge on any atom is 0.337 e. The van der Waals surface area contributed by atoms with Crippen molar-refractivity contribution >= 4 is 34.5 Å². The summed E-state index contributed by atoms with van der Waals surface area (Å²) in [6, 6.07) is 10.1. The summed E-state index contributed by atoms with van der Waals surface area (Å²) >= 11 is 0. The molecule has 0 fully saturated rings. The second-order valence-corrected chi connectivity index (χ2v) is 6.45. The Morgan fingerprint density at radius 2 is 1.62 bits per heavy atom. The van der Waals surface area contributed by atoms with Crippen molar-refractivity contribution in [1.29, 1.82) is 0 Å². The van der Waals surface area contributed by atoms with Crippen LogP contribution >= 0.6 is 0 Å². The molecule has 0 radical (unpaired) electrons. The maximum absolute atomic E-state index is 12.6. The van der Waals surface area contributed by atoms with E-state index in [1.807, 2.05) is 18.2 Å². The Kier molecular flexibility index (Phi) is 5.97. The number of aryl methyl sites for hydroxylation is 1. The van der Waals surface area contributed by atoms with E-state index in [4.69, 9.17) is 13.9 Å². The van der Waals surface area contributed by atoms with Gasteiger partial charge in [-0.3, -0.25) is 4.79 Å². The first kappa shape index (κ1) is 20.1. The standard InChI is InChI=1S/C22H21NO6/c1-4-13-5-6-18-16(12-29-19(18)7-13)11-20(24)23-17-9-14(21(25)27-2)8-15(10-17)22(26)28-3/h5-10,12H,4,11H2,1-3H3,(H,23,24). The van der Waals surface area contributed by atoms with Crippen molar-refractivity contribution in [3.63, 3.8) is 0 Å². The highest BCUT2D eigenvalue weighted by Gasteiger charge is 2.16. The van der Waals surface area contributed by atoms with Gasteiger partial charge in [0.05, 0.1) is 38.0 Å². The number of furan rings is 1. The van der Waals surface area contributed by atoms with Crippen LogP contribution in [0.1, 0.15) is 38.8 Å². The third-order valence-corrected chi connectivity index (χ3v) is 4.54. The first-order chi connectivity index (χ1) is 13.9. The van der Waals surface area contributed by atoms with E-state index in [9.17, 15) is 14.4 Å². The van der Waals surface area contributed by atoms with Gasteiger partial charge >= 0.3 is 11.9 Å². The van der Waals surface area contributed by atoms with Crippen LogP contribution in [-0.2, 0) is 27.1 Å². The summed E-state index contributed by atoms with van der Waals surface area (Å²) in [7, 11) is 2.47. The monoisotopic (exact) mass is 395 g/mol. The van der Waals surface area contributed by atoms with Crippen LogP contribution in [0.3, 0.4) is 0 Å². The van der Waals surface area contributed by atoms with Gasteiger partial charge in [-0.1, -0.05) is 19.1 Å². The van der Waals surface area contributed by atoms with E-state index in [-0.39, 0.29) is 23.5 Å². The zero-order valence-electron chi connectivity index (χ0n) is 16.4. The minimum absolute atomic E-state index is 0.0779. The number of fused-ring (bicyclic) bond motifs is 1. The van der Waals surface area contributed by atoms with Gasteiger partial charge in [0.2, 0.25) is 5.91 Å². The van der Waals surface area contributed by atoms with Crippen LogP contribution in [0.2, 0.25) is 0 Å². The van der Waals surface area contributed by atoms with Crippen LogP contribution in [0.4, 0.5) is 5.69 Å². The van der Waals surface area contributed by atoms with Crippen LogP contribution in [0.15, 0.2) is 47.1 Å². The SMILES string of the molecule is CCc1ccc2c(CC(=O)Nc3cc(C(=O)OC)cc(C(=O)OC)c3)coc2c1. The second-order valence-electron chi connectivity index (χ2n) is 6.45. The molecule has 7 heteroatoms. The molecule has 7 nitrogen and oxygen atoms in total. The fourth-order valence-electron chi connectivity index (χ4n) is 3.03. The van der Waals surface area contributed by atoms with Gasteiger partial charge in [0.15, 0.2) is 0 Å². The molecule has 0 unspecified atom stereocenters. The van der Waals surface area contributed by atoms with Crippen LogP contribution < -0.4 is 5.32 Å². The molecule has 3 aromatic rings. The summed E-state index contributed by atoms with van der Waals surface area (Å²) in [5, 5.41) is 3.58. The molecule has 0 atom stereocenters. The molecule has 0 aliphatic rings. The van der Waals surface area contributed by atoms with Crippen molar-refractivity contribution in [3.05, 3.63) is 64.9 Å². The highest BCUT2D eigenvalue weighted by molar-refractivity contribution is 6.00. The number of carbonyl (C=O) groups is 3. The van der Waals surface area contributed by atoms with Crippen LogP contribution in [0.25, 0.3) is 11.0 Å². The Bertz CT molecular complexity index is 1050. The predicted octanol–water partition coefficient (Wildman–Crippen LogP) is 3.75. The molecule has 0 saturated heterocycles. The molecule has 150 valence electrons. The lowest BCUT2D eigenvalue weighted by atomic mass is 10.1. The molecule has 0 aliphatic carbocycles. The fraction of sp³-hybridized carbons (Fsp3) is 0.227. The average molecular weight is 395 g/mol. The van der Waals surface area contributed by atoms with Gasteiger partial charge < -0.3 is 19.2 Å². The highest BCUT2D eigenvalue weighted by Crippen LogP contribution is 2.24. The maximum atomic E-state index is 12.6. The molecule has 0 aliphatic heterocycles. The lowest BCUT2D eigenvalue weighted by Crippen LogP contribution is -2.16. The van der Waals surface area contributed by atoms with Crippen LogP contribution in [0.5, 0.6) is 0 Å². The number of nitrogens with one attached hydrogen (secondary N) is 1. The molecule has 1 N–H and O–H groups in total. The van der Waals surface area contributed by atoms with E-state index < -0.39 is 11.9 Å². The highest BCUT2D eigenvalue weighted by atomic mass is 16.5. The summed E-state index contributed by atoms with van der Waals surface area (Å²) in [6.07, 6.45) is 2.54. The summed E-state index contributed by atoms with van der Waals surface area (Å²) in [5.41, 5.74) is 3.18. The smallest absolute Gasteiger partial charge is 0.337 e. The summed E-state index contributed by atoms with van der Waals surface area (Å²) in [6.45, 7) is 2.06. The quantitative estimate of drug-likeness (QED) is 0.639. The Labute approximate surface area is 167 Å². The van der Waals surface area contributed by atoms with Gasteiger partial charge in [-0.05, 0) is 36.2 Å². The Morgan fingerprint density at radius 3 is 2.21 bits per heavy atom. The summed E-state index contributed by atoms with van der Waals surface area (Å²) in [4.78, 5) is 36.3. The molecule has 0 bridgehead atoms. The van der Waals surface area contributed by atoms with Crippen LogP contribution in [-0.4, -0.2) is 32.1 Å². The van der Waals surface area contributed by atoms with E-state index in [1.165, 1.54) is 32.4 Å². The van der Waals surface area contributed by atoms with Crippen molar-refractivity contribution in [2.75, 3.05) is 19.5 Å². The first-order valence-corrected chi connectivity index (χ1v) is 9.05. The number of anilines is 1. The number of ether oxygens (including phenoxy) is 2. The van der Waals surface area contributed by atoms with E-state index in [2.05, 4.69) is 12.2 Å². The Hall–Kier alpha value is -3.61. The number of rotatable bonds is 6. The van der Waals surface area contributed by atoms with Crippen molar-refractivity contribution in [2.45, 2.75) is 19.8 Å². The molecule has 29 heavy (non-hydrogen) atoms. The van der Waals surface area contributed by atoms with E-state index >= 15 is 0 Å². The average Bonchev–Trinajstić information content (AvgIpc) is 3.13. The summed E-state index contributed by atoms with van der Waals surface area (Å²) < 4.78 is 15.0.